The molecule has 0 radical (unpaired) electrons. The van der Waals surface area contributed by atoms with Crippen LogP contribution in [0.2, 0.25) is 0 Å². The number of ether oxygens (including phenoxy) is 1. The lowest BCUT2D eigenvalue weighted by Gasteiger charge is -2.22. The molecule has 4 nitrogen and oxygen atoms in total. The Balaban J connectivity index is 1.89. The molecule has 2 rings (SSSR count). The lowest BCUT2D eigenvalue weighted by atomic mass is 10.3. The molecule has 0 unspecified atom stereocenters. The summed E-state index contributed by atoms with van der Waals surface area (Å²) in [6.07, 6.45) is 4.47. The summed E-state index contributed by atoms with van der Waals surface area (Å²) < 4.78 is 7.12. The van der Waals surface area contributed by atoms with Gasteiger partial charge in [-0.2, -0.15) is 0 Å². The Morgan fingerprint density at radius 3 is 2.80 bits per heavy atom. The minimum Gasteiger partial charge on any atom is -0.383 e. The smallest absolute Gasteiger partial charge is 0.224 e. The first-order valence-corrected chi connectivity index (χ1v) is 7.57. The van der Waals surface area contributed by atoms with E-state index in [2.05, 4.69) is 6.07 Å². The van der Waals surface area contributed by atoms with Crippen LogP contribution in [0.3, 0.4) is 0 Å². The van der Waals surface area contributed by atoms with Crippen molar-refractivity contribution in [1.29, 1.82) is 0 Å². The molecule has 0 bridgehead atoms. The maximum absolute atomic E-state index is 12.3. The van der Waals surface area contributed by atoms with Crippen LogP contribution in [0.25, 0.3) is 0 Å². The first-order chi connectivity index (χ1) is 9.79. The highest BCUT2D eigenvalue weighted by Gasteiger charge is 2.14. The highest BCUT2D eigenvalue weighted by molar-refractivity contribution is 7.09. The van der Waals surface area contributed by atoms with Gasteiger partial charge in [-0.25, -0.2) is 0 Å². The first kappa shape index (κ1) is 14.8. The molecule has 20 heavy (non-hydrogen) atoms. The van der Waals surface area contributed by atoms with E-state index in [9.17, 15) is 4.79 Å². The number of methoxy groups -OCH3 is 1. The molecule has 0 spiro atoms. The zero-order valence-electron chi connectivity index (χ0n) is 11.7. The van der Waals surface area contributed by atoms with Crippen LogP contribution in [0.1, 0.15) is 11.3 Å². The number of thiophene rings is 1. The fourth-order valence-corrected chi connectivity index (χ4v) is 2.71. The Morgan fingerprint density at radius 1 is 1.35 bits per heavy atom. The molecule has 2 aromatic heterocycles. The molecule has 2 heterocycles. The maximum Gasteiger partial charge on any atom is 0.224 e. The predicted octanol–water partition coefficient (Wildman–Crippen LogP) is 2.61. The van der Waals surface area contributed by atoms with E-state index in [0.29, 0.717) is 26.1 Å². The molecular weight excluding hydrogens is 272 g/mol. The van der Waals surface area contributed by atoms with Crippen LogP contribution >= 0.6 is 11.3 Å². The van der Waals surface area contributed by atoms with Crippen LogP contribution in [0.15, 0.2) is 42.0 Å². The summed E-state index contributed by atoms with van der Waals surface area (Å²) in [4.78, 5) is 15.4. The van der Waals surface area contributed by atoms with Crippen molar-refractivity contribution in [1.82, 2.24) is 9.47 Å². The van der Waals surface area contributed by atoms with Crippen molar-refractivity contribution >= 4 is 17.2 Å². The molecule has 0 saturated heterocycles. The van der Waals surface area contributed by atoms with Crippen molar-refractivity contribution in [3.63, 3.8) is 0 Å². The van der Waals surface area contributed by atoms with Gasteiger partial charge in [-0.1, -0.05) is 6.07 Å². The van der Waals surface area contributed by atoms with Crippen LogP contribution in [0.5, 0.6) is 0 Å². The molecule has 0 aliphatic heterocycles. The van der Waals surface area contributed by atoms with E-state index in [1.165, 1.54) is 4.88 Å². The van der Waals surface area contributed by atoms with Crippen molar-refractivity contribution in [3.8, 4) is 0 Å². The van der Waals surface area contributed by atoms with E-state index in [1.807, 2.05) is 45.4 Å². The van der Waals surface area contributed by atoms with Gasteiger partial charge in [0.1, 0.15) is 0 Å². The van der Waals surface area contributed by atoms with Crippen LogP contribution in [-0.4, -0.2) is 35.6 Å². The van der Waals surface area contributed by atoms with E-state index in [4.69, 9.17) is 4.74 Å². The highest BCUT2D eigenvalue weighted by Crippen LogP contribution is 2.13. The molecule has 108 valence electrons. The molecule has 0 saturated carbocycles. The monoisotopic (exact) mass is 292 g/mol. The molecule has 0 aliphatic carbocycles. The Bertz CT molecular complexity index is 494. The molecule has 2 aromatic rings. The summed E-state index contributed by atoms with van der Waals surface area (Å²) in [5, 5.41) is 2.04. The first-order valence-electron chi connectivity index (χ1n) is 6.69. The molecular formula is C15H20N2O2S. The number of aromatic nitrogens is 1. The van der Waals surface area contributed by atoms with Gasteiger partial charge in [-0.05, 0) is 23.6 Å². The van der Waals surface area contributed by atoms with Crippen LogP contribution in [0, 0.1) is 0 Å². The van der Waals surface area contributed by atoms with Crippen molar-refractivity contribution in [2.75, 3.05) is 20.3 Å². The second kappa shape index (κ2) is 7.87. The summed E-state index contributed by atoms with van der Waals surface area (Å²) in [5.41, 5.74) is 0. The summed E-state index contributed by atoms with van der Waals surface area (Å²) in [5.74, 6) is 0.171. The number of carbonyl (C=O) groups excluding carboxylic acids is 1. The average molecular weight is 292 g/mol. The number of hydrogen-bond acceptors (Lipinski definition) is 3. The molecule has 0 N–H and O–H groups in total. The summed E-state index contributed by atoms with van der Waals surface area (Å²) in [7, 11) is 1.66. The SMILES string of the molecule is COCCN(Cc1cccs1)C(=O)CCn1cccc1. The Morgan fingerprint density at radius 2 is 2.15 bits per heavy atom. The largest absolute Gasteiger partial charge is 0.383 e. The number of carbonyl (C=O) groups is 1. The standard InChI is InChI=1S/C15H20N2O2S/c1-19-11-10-17(13-14-5-4-12-20-14)15(18)6-9-16-7-2-3-8-16/h2-5,7-8,12H,6,9-11,13H2,1H3. The Kier molecular flexibility index (Phi) is 5.83. The van der Waals surface area contributed by atoms with Crippen LogP contribution in [-0.2, 0) is 22.6 Å². The van der Waals surface area contributed by atoms with E-state index < -0.39 is 0 Å². The second-order valence-electron chi connectivity index (χ2n) is 4.56. The van der Waals surface area contributed by atoms with Crippen molar-refractivity contribution in [3.05, 3.63) is 46.9 Å². The normalized spacial score (nSPS) is 10.7. The summed E-state index contributed by atoms with van der Waals surface area (Å²) in [6, 6.07) is 8.01. The molecule has 0 aromatic carbocycles. The molecule has 0 aliphatic rings. The number of hydrogen-bond donors (Lipinski definition) is 0. The Hall–Kier alpha value is -1.59. The summed E-state index contributed by atoms with van der Waals surface area (Å²) >= 11 is 1.68. The lowest BCUT2D eigenvalue weighted by Crippen LogP contribution is -2.33. The Labute approximate surface area is 123 Å². The van der Waals surface area contributed by atoms with Gasteiger partial charge in [0.25, 0.3) is 0 Å². The number of nitrogens with zero attached hydrogens (tertiary/aromatic N) is 2. The topological polar surface area (TPSA) is 34.5 Å². The fraction of sp³-hybridized carbons (Fsp3) is 0.400. The zero-order valence-corrected chi connectivity index (χ0v) is 12.5. The third-order valence-electron chi connectivity index (χ3n) is 3.09. The predicted molar refractivity (Wildman–Crippen MR) is 80.7 cm³/mol. The maximum atomic E-state index is 12.3. The minimum atomic E-state index is 0.171. The number of aryl methyl sites for hydroxylation is 1. The van der Waals surface area contributed by atoms with Gasteiger partial charge < -0.3 is 14.2 Å². The van der Waals surface area contributed by atoms with Gasteiger partial charge in [0.05, 0.1) is 13.2 Å². The van der Waals surface area contributed by atoms with Gasteiger partial charge in [-0.15, -0.1) is 11.3 Å². The fourth-order valence-electron chi connectivity index (χ4n) is 1.99. The molecule has 5 heteroatoms. The van der Waals surface area contributed by atoms with Gasteiger partial charge >= 0.3 is 0 Å². The van der Waals surface area contributed by atoms with Crippen molar-refractivity contribution < 1.29 is 9.53 Å². The van der Waals surface area contributed by atoms with Gasteiger partial charge in [0.2, 0.25) is 5.91 Å². The summed E-state index contributed by atoms with van der Waals surface area (Å²) in [6.45, 7) is 2.60. The minimum absolute atomic E-state index is 0.171. The van der Waals surface area contributed by atoms with Crippen molar-refractivity contribution in [2.45, 2.75) is 19.5 Å². The molecule has 1 amide bonds. The number of amides is 1. The van der Waals surface area contributed by atoms with Crippen LogP contribution in [0.4, 0.5) is 0 Å². The van der Waals surface area contributed by atoms with E-state index >= 15 is 0 Å². The van der Waals surface area contributed by atoms with E-state index in [1.54, 1.807) is 18.4 Å². The van der Waals surface area contributed by atoms with Gasteiger partial charge in [0.15, 0.2) is 0 Å². The lowest BCUT2D eigenvalue weighted by molar-refractivity contribution is -0.132. The van der Waals surface area contributed by atoms with Crippen LogP contribution < -0.4 is 0 Å². The number of rotatable bonds is 8. The third kappa shape index (κ3) is 4.51. The second-order valence-corrected chi connectivity index (χ2v) is 5.59. The zero-order chi connectivity index (χ0) is 14.2. The molecule has 0 atom stereocenters. The van der Waals surface area contributed by atoms with Gasteiger partial charge in [-0.3, -0.25) is 4.79 Å². The van der Waals surface area contributed by atoms with Crippen molar-refractivity contribution in [2.24, 2.45) is 0 Å². The third-order valence-corrected chi connectivity index (χ3v) is 3.96. The van der Waals surface area contributed by atoms with E-state index in [-0.39, 0.29) is 5.91 Å². The highest BCUT2D eigenvalue weighted by atomic mass is 32.1. The quantitative estimate of drug-likeness (QED) is 0.749. The van der Waals surface area contributed by atoms with Gasteiger partial charge in [0, 0.05) is 43.9 Å². The van der Waals surface area contributed by atoms with E-state index in [0.717, 1.165) is 6.54 Å². The average Bonchev–Trinajstić information content (AvgIpc) is 3.13. The molecule has 0 fully saturated rings.